The van der Waals surface area contributed by atoms with Crippen LogP contribution in [0.1, 0.15) is 36.5 Å². The predicted octanol–water partition coefficient (Wildman–Crippen LogP) is 4.21. The molecule has 0 bridgehead atoms. The van der Waals surface area contributed by atoms with E-state index in [1.165, 1.54) is 4.31 Å². The number of hydrogen-bond donors (Lipinski definition) is 1. The minimum absolute atomic E-state index is 0.0527. The molecule has 1 N–H and O–H groups in total. The molecular formula is C26H30N2O3S. The highest BCUT2D eigenvalue weighted by Gasteiger charge is 2.23. The van der Waals surface area contributed by atoms with Crippen LogP contribution < -0.4 is 5.32 Å². The van der Waals surface area contributed by atoms with Gasteiger partial charge in [-0.25, -0.2) is 8.42 Å². The molecule has 0 aliphatic carbocycles. The van der Waals surface area contributed by atoms with E-state index < -0.39 is 10.0 Å². The molecule has 0 aliphatic rings. The maximum Gasteiger partial charge on any atom is 0.243 e. The van der Waals surface area contributed by atoms with E-state index >= 15 is 0 Å². The lowest BCUT2D eigenvalue weighted by Gasteiger charge is -2.19. The fraction of sp³-hybridized carbons (Fsp3) is 0.269. The third-order valence-electron chi connectivity index (χ3n) is 5.51. The highest BCUT2D eigenvalue weighted by Crippen LogP contribution is 2.24. The number of sulfonamides is 1. The molecule has 3 aromatic carbocycles. The molecule has 168 valence electrons. The van der Waals surface area contributed by atoms with Crippen molar-refractivity contribution in [3.8, 4) is 0 Å². The van der Waals surface area contributed by atoms with Crippen molar-refractivity contribution in [1.29, 1.82) is 0 Å². The highest BCUT2D eigenvalue weighted by molar-refractivity contribution is 7.89. The van der Waals surface area contributed by atoms with Gasteiger partial charge in [0, 0.05) is 19.6 Å². The van der Waals surface area contributed by atoms with E-state index in [0.717, 1.165) is 16.7 Å². The lowest BCUT2D eigenvalue weighted by molar-refractivity contribution is -0.121. The van der Waals surface area contributed by atoms with Crippen molar-refractivity contribution in [3.63, 3.8) is 0 Å². The third-order valence-corrected chi connectivity index (χ3v) is 7.57. The molecule has 0 aromatic heterocycles. The van der Waals surface area contributed by atoms with Crippen molar-refractivity contribution in [2.75, 3.05) is 19.6 Å². The number of hydrogen-bond acceptors (Lipinski definition) is 3. The first-order valence-electron chi connectivity index (χ1n) is 10.9. The molecule has 0 radical (unpaired) electrons. The van der Waals surface area contributed by atoms with Crippen LogP contribution >= 0.6 is 0 Å². The second-order valence-corrected chi connectivity index (χ2v) is 9.47. The van der Waals surface area contributed by atoms with Crippen LogP contribution in [0.15, 0.2) is 89.8 Å². The number of nitrogens with zero attached hydrogens (tertiary/aromatic N) is 1. The number of amides is 1. The summed E-state index contributed by atoms with van der Waals surface area (Å²) in [6, 6.07) is 26.4. The van der Waals surface area contributed by atoms with E-state index in [0.29, 0.717) is 31.0 Å². The normalized spacial score (nSPS) is 11.6. The summed E-state index contributed by atoms with van der Waals surface area (Å²) in [5, 5.41) is 3.04. The van der Waals surface area contributed by atoms with Crippen LogP contribution in [0.2, 0.25) is 0 Å². The molecule has 3 aromatic rings. The Morgan fingerprint density at radius 3 is 1.78 bits per heavy atom. The van der Waals surface area contributed by atoms with Gasteiger partial charge in [-0.1, -0.05) is 86.6 Å². The topological polar surface area (TPSA) is 66.5 Å². The lowest BCUT2D eigenvalue weighted by Crippen LogP contribution is -2.31. The minimum Gasteiger partial charge on any atom is -0.355 e. The number of carbonyl (C=O) groups excluding carboxylic acids is 1. The Morgan fingerprint density at radius 2 is 1.31 bits per heavy atom. The second-order valence-electron chi connectivity index (χ2n) is 7.53. The lowest BCUT2D eigenvalue weighted by atomic mass is 9.90. The van der Waals surface area contributed by atoms with Crippen molar-refractivity contribution < 1.29 is 13.2 Å². The van der Waals surface area contributed by atoms with Crippen LogP contribution in [0.25, 0.3) is 0 Å². The predicted molar refractivity (Wildman–Crippen MR) is 128 cm³/mol. The zero-order valence-electron chi connectivity index (χ0n) is 18.6. The van der Waals surface area contributed by atoms with Gasteiger partial charge in [-0.2, -0.15) is 4.31 Å². The SMILES string of the molecule is CCN(CC)S(=O)(=O)c1ccc(CCNC(=O)C(c2ccccc2)c2ccccc2)cc1. The summed E-state index contributed by atoms with van der Waals surface area (Å²) in [5.41, 5.74) is 2.86. The van der Waals surface area contributed by atoms with Gasteiger partial charge >= 0.3 is 0 Å². The molecular weight excluding hydrogens is 420 g/mol. The molecule has 5 nitrogen and oxygen atoms in total. The Labute approximate surface area is 191 Å². The van der Waals surface area contributed by atoms with E-state index in [4.69, 9.17) is 0 Å². The molecule has 0 aliphatic heterocycles. The first-order chi connectivity index (χ1) is 15.5. The summed E-state index contributed by atoms with van der Waals surface area (Å²) < 4.78 is 26.7. The summed E-state index contributed by atoms with van der Waals surface area (Å²) in [5.74, 6) is -0.429. The first kappa shape index (κ1) is 23.7. The number of carbonyl (C=O) groups is 1. The van der Waals surface area contributed by atoms with Crippen molar-refractivity contribution in [3.05, 3.63) is 102 Å². The number of benzene rings is 3. The standard InChI is InChI=1S/C26H30N2O3S/c1-3-28(4-2)32(30,31)24-17-15-21(16-18-24)19-20-27-26(29)25(22-11-7-5-8-12-22)23-13-9-6-10-14-23/h5-18,25H,3-4,19-20H2,1-2H3,(H,27,29). The number of nitrogens with one attached hydrogen (secondary N) is 1. The Hall–Kier alpha value is -2.96. The first-order valence-corrected chi connectivity index (χ1v) is 12.4. The highest BCUT2D eigenvalue weighted by atomic mass is 32.2. The average molecular weight is 451 g/mol. The Morgan fingerprint density at radius 1 is 0.812 bits per heavy atom. The minimum atomic E-state index is -3.46. The molecule has 1 amide bonds. The Kier molecular flexibility index (Phi) is 8.20. The summed E-state index contributed by atoms with van der Waals surface area (Å²) >= 11 is 0. The zero-order valence-corrected chi connectivity index (χ0v) is 19.4. The monoisotopic (exact) mass is 450 g/mol. The second kappa shape index (κ2) is 11.1. The summed E-state index contributed by atoms with van der Waals surface area (Å²) in [4.78, 5) is 13.4. The maximum absolute atomic E-state index is 13.1. The van der Waals surface area contributed by atoms with Gasteiger partial charge in [-0.05, 0) is 35.2 Å². The zero-order chi connectivity index (χ0) is 23.0. The number of rotatable bonds is 10. The molecule has 0 fully saturated rings. The molecule has 0 atom stereocenters. The average Bonchev–Trinajstić information content (AvgIpc) is 2.82. The third kappa shape index (κ3) is 5.64. The van der Waals surface area contributed by atoms with Crippen LogP contribution in [-0.4, -0.2) is 38.3 Å². The van der Waals surface area contributed by atoms with Crippen molar-refractivity contribution in [2.45, 2.75) is 31.1 Å². The summed E-state index contributed by atoms with van der Waals surface area (Å²) in [6.45, 7) is 5.01. The Balaban J connectivity index is 1.65. The van der Waals surface area contributed by atoms with Gasteiger partial charge in [0.2, 0.25) is 15.9 Å². The van der Waals surface area contributed by atoms with E-state index in [2.05, 4.69) is 5.32 Å². The molecule has 0 saturated carbocycles. The van der Waals surface area contributed by atoms with Gasteiger partial charge in [0.15, 0.2) is 0 Å². The van der Waals surface area contributed by atoms with Gasteiger partial charge in [-0.3, -0.25) is 4.79 Å². The molecule has 3 rings (SSSR count). The molecule has 0 spiro atoms. The molecule has 32 heavy (non-hydrogen) atoms. The van der Waals surface area contributed by atoms with Crippen LogP contribution in [0.3, 0.4) is 0 Å². The smallest absolute Gasteiger partial charge is 0.243 e. The maximum atomic E-state index is 13.1. The largest absolute Gasteiger partial charge is 0.355 e. The van der Waals surface area contributed by atoms with Gasteiger partial charge in [-0.15, -0.1) is 0 Å². The van der Waals surface area contributed by atoms with E-state index in [-0.39, 0.29) is 11.8 Å². The van der Waals surface area contributed by atoms with Crippen molar-refractivity contribution in [2.24, 2.45) is 0 Å². The fourth-order valence-electron chi connectivity index (χ4n) is 3.76. The molecule has 0 saturated heterocycles. The van der Waals surface area contributed by atoms with E-state index in [1.807, 2.05) is 86.6 Å². The van der Waals surface area contributed by atoms with Gasteiger partial charge in [0.05, 0.1) is 10.8 Å². The van der Waals surface area contributed by atoms with Gasteiger partial charge in [0.25, 0.3) is 0 Å². The molecule has 6 heteroatoms. The summed E-state index contributed by atoms with van der Waals surface area (Å²) in [6.07, 6.45) is 0.619. The van der Waals surface area contributed by atoms with Crippen molar-refractivity contribution in [1.82, 2.24) is 9.62 Å². The summed E-state index contributed by atoms with van der Waals surface area (Å²) in [7, 11) is -3.46. The van der Waals surface area contributed by atoms with Gasteiger partial charge < -0.3 is 5.32 Å². The van der Waals surface area contributed by atoms with Crippen molar-refractivity contribution >= 4 is 15.9 Å². The fourth-order valence-corrected chi connectivity index (χ4v) is 5.22. The molecule has 0 unspecified atom stereocenters. The van der Waals surface area contributed by atoms with Crippen LogP contribution in [0, 0.1) is 0 Å². The quantitative estimate of drug-likeness (QED) is 0.503. The Bertz CT molecular complexity index is 1060. The van der Waals surface area contributed by atoms with Crippen LogP contribution in [0.5, 0.6) is 0 Å². The van der Waals surface area contributed by atoms with E-state index in [1.54, 1.807) is 12.1 Å². The van der Waals surface area contributed by atoms with E-state index in [9.17, 15) is 13.2 Å². The molecule has 0 heterocycles. The van der Waals surface area contributed by atoms with Crippen LogP contribution in [0.4, 0.5) is 0 Å². The van der Waals surface area contributed by atoms with Gasteiger partial charge in [0.1, 0.15) is 0 Å². The van der Waals surface area contributed by atoms with Crippen LogP contribution in [-0.2, 0) is 21.2 Å².